The SMILES string of the molecule is Cc1cc2c(C3Cc4cccc5cccc3c45)cccc2[cH-]1.[Cl-].[Cl-].[Zr+3]. The smallest absolute Gasteiger partial charge is 1.00 e. The molecule has 0 nitrogen and oxygen atoms in total. The molecule has 1 aliphatic carbocycles. The molecule has 0 heterocycles. The number of hydrogen-bond donors (Lipinski definition) is 0. The van der Waals surface area contributed by atoms with Crippen LogP contribution in [0.25, 0.3) is 21.5 Å². The van der Waals surface area contributed by atoms with Gasteiger partial charge in [0, 0.05) is 5.92 Å². The van der Waals surface area contributed by atoms with E-state index in [1.807, 2.05) is 0 Å². The average Bonchev–Trinajstić information content (AvgIpc) is 3.09. The molecular weight excluding hydrogens is 426 g/mol. The topological polar surface area (TPSA) is 0 Å². The molecule has 1 aliphatic rings. The van der Waals surface area contributed by atoms with Gasteiger partial charge in [0.2, 0.25) is 0 Å². The Labute approximate surface area is 179 Å². The van der Waals surface area contributed by atoms with Gasteiger partial charge in [-0.2, -0.15) is 6.07 Å². The summed E-state index contributed by atoms with van der Waals surface area (Å²) < 4.78 is 0. The van der Waals surface area contributed by atoms with Crippen molar-refractivity contribution in [3.05, 3.63) is 89.0 Å². The van der Waals surface area contributed by atoms with Crippen molar-refractivity contribution in [1.29, 1.82) is 0 Å². The minimum Gasteiger partial charge on any atom is -1.00 e. The summed E-state index contributed by atoms with van der Waals surface area (Å²) in [5.74, 6) is 0.492. The predicted octanol–water partition coefficient (Wildman–Crippen LogP) is -0.286. The summed E-state index contributed by atoms with van der Waals surface area (Å²) in [6.07, 6.45) is 1.13. The van der Waals surface area contributed by atoms with Gasteiger partial charge in [0.05, 0.1) is 0 Å². The zero-order chi connectivity index (χ0) is 14.7. The molecule has 1 unspecified atom stereocenters. The van der Waals surface area contributed by atoms with Crippen LogP contribution in [0.3, 0.4) is 0 Å². The van der Waals surface area contributed by atoms with Crippen molar-refractivity contribution in [3.63, 3.8) is 0 Å². The molecule has 0 aromatic heterocycles. The predicted molar refractivity (Wildman–Crippen MR) is 93.8 cm³/mol. The molecule has 0 aliphatic heterocycles. The minimum atomic E-state index is 0. The van der Waals surface area contributed by atoms with Crippen LogP contribution in [0.1, 0.15) is 28.2 Å². The second kappa shape index (κ2) is 7.70. The van der Waals surface area contributed by atoms with Crippen LogP contribution in [-0.2, 0) is 32.6 Å². The Balaban J connectivity index is 0.000000751. The Hall–Kier alpha value is -1.01. The number of benzene rings is 3. The molecule has 0 saturated heterocycles. The van der Waals surface area contributed by atoms with Crippen molar-refractivity contribution in [3.8, 4) is 0 Å². The number of hydrogen-bond acceptors (Lipinski definition) is 0. The fraction of sp³-hybridized carbons (Fsp3) is 0.136. The van der Waals surface area contributed by atoms with Gasteiger partial charge in [0.1, 0.15) is 0 Å². The maximum atomic E-state index is 2.34. The molecule has 3 heteroatoms. The molecule has 0 amide bonds. The molecular formula is C22H17Cl2Zr. The first-order chi connectivity index (χ1) is 10.8. The number of fused-ring (bicyclic) bond motifs is 1. The third kappa shape index (κ3) is 3.12. The molecule has 0 saturated carbocycles. The molecule has 1 atom stereocenters. The zero-order valence-electron chi connectivity index (χ0n) is 13.9. The van der Waals surface area contributed by atoms with Crippen LogP contribution in [0.5, 0.6) is 0 Å². The van der Waals surface area contributed by atoms with Gasteiger partial charge in [0.25, 0.3) is 0 Å². The Kier molecular flexibility index (Phi) is 6.26. The van der Waals surface area contributed by atoms with Crippen LogP contribution in [0.2, 0.25) is 0 Å². The van der Waals surface area contributed by atoms with Crippen molar-refractivity contribution in [2.24, 2.45) is 0 Å². The molecule has 123 valence electrons. The third-order valence-electron chi connectivity index (χ3n) is 5.13. The molecule has 0 bridgehead atoms. The van der Waals surface area contributed by atoms with Crippen LogP contribution in [0.4, 0.5) is 0 Å². The first kappa shape index (κ1) is 20.3. The Morgan fingerprint density at radius 1 is 0.880 bits per heavy atom. The van der Waals surface area contributed by atoms with Crippen LogP contribution in [0.15, 0.2) is 66.7 Å². The van der Waals surface area contributed by atoms with Gasteiger partial charge in [-0.15, -0.1) is 34.5 Å². The van der Waals surface area contributed by atoms with Gasteiger partial charge < -0.3 is 24.8 Å². The second-order valence-corrected chi connectivity index (χ2v) is 6.50. The van der Waals surface area contributed by atoms with E-state index in [0.717, 1.165) is 6.42 Å². The molecule has 0 N–H and O–H groups in total. The fourth-order valence-corrected chi connectivity index (χ4v) is 4.23. The van der Waals surface area contributed by atoms with E-state index in [1.165, 1.54) is 43.8 Å². The van der Waals surface area contributed by atoms with Gasteiger partial charge in [-0.1, -0.05) is 55.0 Å². The van der Waals surface area contributed by atoms with E-state index in [9.17, 15) is 0 Å². The summed E-state index contributed by atoms with van der Waals surface area (Å²) in [6, 6.07) is 24.9. The number of aryl methyl sites for hydroxylation is 1. The van der Waals surface area contributed by atoms with Crippen molar-refractivity contribution in [1.82, 2.24) is 0 Å². The maximum Gasteiger partial charge on any atom is 3.00 e. The number of rotatable bonds is 1. The Bertz CT molecular complexity index is 1030. The summed E-state index contributed by atoms with van der Waals surface area (Å²) in [5.41, 5.74) is 5.84. The average molecular weight is 444 g/mol. The summed E-state index contributed by atoms with van der Waals surface area (Å²) in [6.45, 7) is 2.19. The van der Waals surface area contributed by atoms with Crippen molar-refractivity contribution in [2.75, 3.05) is 0 Å². The van der Waals surface area contributed by atoms with E-state index < -0.39 is 0 Å². The van der Waals surface area contributed by atoms with E-state index in [2.05, 4.69) is 73.7 Å². The van der Waals surface area contributed by atoms with Crippen molar-refractivity contribution in [2.45, 2.75) is 19.3 Å². The van der Waals surface area contributed by atoms with E-state index in [0.29, 0.717) is 5.92 Å². The largest absolute Gasteiger partial charge is 3.00 e. The maximum absolute atomic E-state index is 2.34. The van der Waals surface area contributed by atoms with Crippen LogP contribution < -0.4 is 24.8 Å². The molecule has 0 spiro atoms. The summed E-state index contributed by atoms with van der Waals surface area (Å²) in [5, 5.41) is 5.66. The number of halogens is 2. The summed E-state index contributed by atoms with van der Waals surface area (Å²) in [4.78, 5) is 0. The van der Waals surface area contributed by atoms with E-state index in [-0.39, 0.29) is 51.0 Å². The first-order valence-corrected chi connectivity index (χ1v) is 7.98. The fourth-order valence-electron chi connectivity index (χ4n) is 4.23. The molecule has 5 rings (SSSR count). The first-order valence-electron chi connectivity index (χ1n) is 7.98. The van der Waals surface area contributed by atoms with Gasteiger partial charge in [-0.3, -0.25) is 0 Å². The van der Waals surface area contributed by atoms with Crippen LogP contribution >= 0.6 is 0 Å². The van der Waals surface area contributed by atoms with Gasteiger partial charge in [0.15, 0.2) is 0 Å². The Morgan fingerprint density at radius 2 is 1.56 bits per heavy atom. The van der Waals surface area contributed by atoms with Crippen molar-refractivity contribution < 1.29 is 51.0 Å². The quantitative estimate of drug-likeness (QED) is 0.355. The Morgan fingerprint density at radius 3 is 2.36 bits per heavy atom. The molecule has 1 radical (unpaired) electrons. The van der Waals surface area contributed by atoms with E-state index in [1.54, 1.807) is 0 Å². The van der Waals surface area contributed by atoms with Crippen molar-refractivity contribution >= 4 is 21.5 Å². The minimum absolute atomic E-state index is 0. The van der Waals surface area contributed by atoms with Crippen LogP contribution in [-0.4, -0.2) is 0 Å². The van der Waals surface area contributed by atoms with E-state index in [4.69, 9.17) is 0 Å². The third-order valence-corrected chi connectivity index (χ3v) is 5.13. The summed E-state index contributed by atoms with van der Waals surface area (Å²) >= 11 is 0. The molecule has 4 aromatic rings. The normalized spacial score (nSPS) is 14.7. The molecule has 4 aromatic carbocycles. The second-order valence-electron chi connectivity index (χ2n) is 6.50. The summed E-state index contributed by atoms with van der Waals surface area (Å²) in [7, 11) is 0. The molecule has 0 fully saturated rings. The van der Waals surface area contributed by atoms with Gasteiger partial charge in [-0.25, -0.2) is 0 Å². The van der Waals surface area contributed by atoms with Gasteiger partial charge in [-0.05, 0) is 28.3 Å². The zero-order valence-corrected chi connectivity index (χ0v) is 17.9. The standard InChI is InChI=1S/C22H17.2ClH.Zr/c1-14-11-16-7-4-9-18(20(16)12-14)21-13-17-8-2-5-15-6-3-10-19(21)22(15)17;;;/h2-12,21H,13H2,1H3;2*1H;/q-1;;;+3/p-2. The van der Waals surface area contributed by atoms with Gasteiger partial charge >= 0.3 is 26.2 Å². The molecule has 25 heavy (non-hydrogen) atoms. The monoisotopic (exact) mass is 441 g/mol. The van der Waals surface area contributed by atoms with E-state index >= 15 is 0 Å². The van der Waals surface area contributed by atoms with Crippen LogP contribution in [0, 0.1) is 6.92 Å².